The lowest BCUT2D eigenvalue weighted by Gasteiger charge is -2.51. The topological polar surface area (TPSA) is 81.4 Å². The second-order valence-corrected chi connectivity index (χ2v) is 7.82. The van der Waals surface area contributed by atoms with Crippen LogP contribution in [0.2, 0.25) is 0 Å². The van der Waals surface area contributed by atoms with Crippen molar-refractivity contribution in [2.75, 3.05) is 12.3 Å². The Bertz CT molecular complexity index is 606. The van der Waals surface area contributed by atoms with Gasteiger partial charge < -0.3 is 10.5 Å². The SMILES string of the molecule is CCOC1CC(NS(=O)(=O)c2c(C)cccc2N)C1(C)C. The van der Waals surface area contributed by atoms with Crippen LogP contribution in [0.1, 0.15) is 32.8 Å². The molecule has 0 radical (unpaired) electrons. The Kier molecular flexibility index (Phi) is 4.33. The van der Waals surface area contributed by atoms with E-state index < -0.39 is 10.0 Å². The summed E-state index contributed by atoms with van der Waals surface area (Å²) in [7, 11) is -3.62. The van der Waals surface area contributed by atoms with Crippen LogP contribution in [0.25, 0.3) is 0 Å². The summed E-state index contributed by atoms with van der Waals surface area (Å²) < 4.78 is 33.6. The Labute approximate surface area is 126 Å². The summed E-state index contributed by atoms with van der Waals surface area (Å²) in [6.45, 7) is 8.37. The first-order valence-corrected chi connectivity index (χ1v) is 8.67. The molecule has 1 aromatic carbocycles. The van der Waals surface area contributed by atoms with Gasteiger partial charge in [-0.1, -0.05) is 26.0 Å². The van der Waals surface area contributed by atoms with E-state index in [1.807, 2.05) is 20.8 Å². The molecule has 0 bridgehead atoms. The molecule has 1 aliphatic carbocycles. The fourth-order valence-electron chi connectivity index (χ4n) is 2.86. The lowest BCUT2D eigenvalue weighted by molar-refractivity contribution is -0.108. The van der Waals surface area contributed by atoms with Gasteiger partial charge in [-0.05, 0) is 31.9 Å². The minimum Gasteiger partial charge on any atom is -0.398 e. The third-order valence-corrected chi connectivity index (χ3v) is 6.04. The van der Waals surface area contributed by atoms with E-state index >= 15 is 0 Å². The molecular formula is C15H24N2O3S. The van der Waals surface area contributed by atoms with Gasteiger partial charge in [0, 0.05) is 18.1 Å². The first-order valence-electron chi connectivity index (χ1n) is 7.19. The molecule has 0 heterocycles. The summed E-state index contributed by atoms with van der Waals surface area (Å²) in [5, 5.41) is 0. The van der Waals surface area contributed by atoms with Crippen molar-refractivity contribution in [3.63, 3.8) is 0 Å². The van der Waals surface area contributed by atoms with Crippen molar-refractivity contribution in [1.29, 1.82) is 0 Å². The van der Waals surface area contributed by atoms with Crippen molar-refractivity contribution in [1.82, 2.24) is 4.72 Å². The van der Waals surface area contributed by atoms with Gasteiger partial charge in [-0.2, -0.15) is 0 Å². The van der Waals surface area contributed by atoms with Crippen molar-refractivity contribution < 1.29 is 13.2 Å². The second kappa shape index (κ2) is 5.59. The summed E-state index contributed by atoms with van der Waals surface area (Å²) in [4.78, 5) is 0.181. The van der Waals surface area contributed by atoms with Crippen LogP contribution in [0.15, 0.2) is 23.1 Å². The average molecular weight is 312 g/mol. The van der Waals surface area contributed by atoms with E-state index in [4.69, 9.17) is 10.5 Å². The number of benzene rings is 1. The summed E-state index contributed by atoms with van der Waals surface area (Å²) in [6.07, 6.45) is 0.774. The molecule has 6 heteroatoms. The normalized spacial score (nSPS) is 24.6. The van der Waals surface area contributed by atoms with E-state index in [0.29, 0.717) is 18.6 Å². The highest BCUT2D eigenvalue weighted by molar-refractivity contribution is 7.89. The molecule has 2 rings (SSSR count). The number of nitrogens with one attached hydrogen (secondary N) is 1. The number of aryl methyl sites for hydroxylation is 1. The molecule has 5 nitrogen and oxygen atoms in total. The predicted octanol–water partition coefficient (Wildman–Crippen LogP) is 2.06. The largest absolute Gasteiger partial charge is 0.398 e. The van der Waals surface area contributed by atoms with Gasteiger partial charge in [0.05, 0.1) is 11.8 Å². The fourth-order valence-corrected chi connectivity index (χ4v) is 4.62. The molecule has 2 atom stereocenters. The number of hydrogen-bond donors (Lipinski definition) is 2. The van der Waals surface area contributed by atoms with Crippen molar-refractivity contribution in [3.8, 4) is 0 Å². The molecule has 1 aliphatic rings. The number of anilines is 1. The van der Waals surface area contributed by atoms with Crippen LogP contribution in [0.5, 0.6) is 0 Å². The number of rotatable bonds is 5. The van der Waals surface area contributed by atoms with Gasteiger partial charge in [-0.3, -0.25) is 0 Å². The lowest BCUT2D eigenvalue weighted by Crippen LogP contribution is -2.62. The van der Waals surface area contributed by atoms with Crippen LogP contribution < -0.4 is 10.5 Å². The lowest BCUT2D eigenvalue weighted by atomic mass is 9.65. The molecule has 3 N–H and O–H groups in total. The number of nitrogens with two attached hydrogens (primary N) is 1. The van der Waals surface area contributed by atoms with Gasteiger partial charge >= 0.3 is 0 Å². The molecule has 0 saturated heterocycles. The molecule has 1 fully saturated rings. The first kappa shape index (κ1) is 16.3. The number of nitrogen functional groups attached to an aromatic ring is 1. The van der Waals surface area contributed by atoms with Gasteiger partial charge in [0.25, 0.3) is 0 Å². The van der Waals surface area contributed by atoms with Crippen molar-refractivity contribution in [2.24, 2.45) is 5.41 Å². The van der Waals surface area contributed by atoms with E-state index in [0.717, 1.165) is 0 Å². The van der Waals surface area contributed by atoms with Crippen LogP contribution in [0.4, 0.5) is 5.69 Å². The van der Waals surface area contributed by atoms with Crippen LogP contribution in [-0.2, 0) is 14.8 Å². The first-order chi connectivity index (χ1) is 9.70. The van der Waals surface area contributed by atoms with Crippen molar-refractivity contribution in [3.05, 3.63) is 23.8 Å². The quantitative estimate of drug-likeness (QED) is 0.815. The summed E-state index contributed by atoms with van der Waals surface area (Å²) >= 11 is 0. The Morgan fingerprint density at radius 1 is 1.43 bits per heavy atom. The predicted molar refractivity (Wildman–Crippen MR) is 83.5 cm³/mol. The van der Waals surface area contributed by atoms with Gasteiger partial charge in [0.15, 0.2) is 0 Å². The molecule has 1 saturated carbocycles. The minimum atomic E-state index is -3.62. The zero-order valence-corrected chi connectivity index (χ0v) is 13.8. The molecule has 0 aromatic heterocycles. The summed E-state index contributed by atoms with van der Waals surface area (Å²) in [5.41, 5.74) is 6.55. The van der Waals surface area contributed by atoms with Crippen molar-refractivity contribution in [2.45, 2.75) is 51.2 Å². The average Bonchev–Trinajstić information content (AvgIpc) is 2.37. The molecule has 118 valence electrons. The highest BCUT2D eigenvalue weighted by Gasteiger charge is 2.50. The molecule has 0 spiro atoms. The molecule has 0 aliphatic heterocycles. The maximum atomic E-state index is 12.6. The molecule has 21 heavy (non-hydrogen) atoms. The van der Waals surface area contributed by atoms with Crippen LogP contribution in [0.3, 0.4) is 0 Å². The number of ether oxygens (including phenoxy) is 1. The Balaban J connectivity index is 2.21. The third kappa shape index (κ3) is 2.93. The maximum absolute atomic E-state index is 12.6. The van der Waals surface area contributed by atoms with E-state index in [1.165, 1.54) is 0 Å². The monoisotopic (exact) mass is 312 g/mol. The minimum absolute atomic E-state index is 0.0874. The van der Waals surface area contributed by atoms with Gasteiger partial charge in [-0.15, -0.1) is 0 Å². The molecule has 1 aromatic rings. The number of hydrogen-bond acceptors (Lipinski definition) is 4. The standard InChI is InChI=1S/C15H24N2O3S/c1-5-20-13-9-12(15(13,3)4)17-21(18,19)14-10(2)7-6-8-11(14)16/h6-8,12-13,17H,5,9,16H2,1-4H3. The maximum Gasteiger partial charge on any atom is 0.243 e. The van der Waals surface area contributed by atoms with Crippen LogP contribution >= 0.6 is 0 Å². The van der Waals surface area contributed by atoms with Crippen molar-refractivity contribution >= 4 is 15.7 Å². The third-order valence-electron chi connectivity index (χ3n) is 4.35. The zero-order valence-electron chi connectivity index (χ0n) is 13.0. The molecular weight excluding hydrogens is 288 g/mol. The zero-order chi connectivity index (χ0) is 15.8. The molecule has 2 unspecified atom stereocenters. The van der Waals surface area contributed by atoms with E-state index in [-0.39, 0.29) is 28.1 Å². The highest BCUT2D eigenvalue weighted by atomic mass is 32.2. The van der Waals surface area contributed by atoms with Crippen LogP contribution in [0, 0.1) is 12.3 Å². The highest BCUT2D eigenvalue weighted by Crippen LogP contribution is 2.43. The van der Waals surface area contributed by atoms with Crippen LogP contribution in [-0.4, -0.2) is 27.2 Å². The van der Waals surface area contributed by atoms with E-state index in [1.54, 1.807) is 25.1 Å². The van der Waals surface area contributed by atoms with E-state index in [2.05, 4.69) is 4.72 Å². The fraction of sp³-hybridized carbons (Fsp3) is 0.600. The van der Waals surface area contributed by atoms with Gasteiger partial charge in [0.1, 0.15) is 4.90 Å². The second-order valence-electron chi connectivity index (χ2n) is 6.17. The van der Waals surface area contributed by atoms with Gasteiger partial charge in [-0.25, -0.2) is 13.1 Å². The summed E-state index contributed by atoms with van der Waals surface area (Å²) in [5.74, 6) is 0. The van der Waals surface area contributed by atoms with E-state index in [9.17, 15) is 8.42 Å². The Morgan fingerprint density at radius 2 is 2.10 bits per heavy atom. The Morgan fingerprint density at radius 3 is 2.62 bits per heavy atom. The smallest absolute Gasteiger partial charge is 0.243 e. The molecule has 0 amide bonds. The van der Waals surface area contributed by atoms with Gasteiger partial charge in [0.2, 0.25) is 10.0 Å². The Hall–Kier alpha value is -1.11. The number of sulfonamides is 1. The summed E-state index contributed by atoms with van der Waals surface area (Å²) in [6, 6.07) is 4.97.